The van der Waals surface area contributed by atoms with Crippen LogP contribution in [-0.2, 0) is 20.9 Å². The van der Waals surface area contributed by atoms with Crippen molar-refractivity contribution in [2.24, 2.45) is 0 Å². The van der Waals surface area contributed by atoms with Gasteiger partial charge in [0.1, 0.15) is 12.4 Å². The second kappa shape index (κ2) is 7.70. The van der Waals surface area contributed by atoms with Crippen LogP contribution in [0.3, 0.4) is 0 Å². The first kappa shape index (κ1) is 12.5. The van der Waals surface area contributed by atoms with Gasteiger partial charge in [0.05, 0.1) is 6.26 Å². The summed E-state index contributed by atoms with van der Waals surface area (Å²) in [7, 11) is 0. The van der Waals surface area contributed by atoms with Gasteiger partial charge in [-0.05, 0) is 25.0 Å². The van der Waals surface area contributed by atoms with Crippen molar-refractivity contribution in [2.45, 2.75) is 19.4 Å². The number of hydrogen-bond acceptors (Lipinski definition) is 4. The van der Waals surface area contributed by atoms with E-state index >= 15 is 0 Å². The molecular weight excluding hydrogens is 208 g/mol. The summed E-state index contributed by atoms with van der Waals surface area (Å²) in [5.74, 6) is 0.182. The minimum atomic E-state index is -0.443. The van der Waals surface area contributed by atoms with Gasteiger partial charge in [-0.15, -0.1) is 0 Å². The molecule has 0 N–H and O–H groups in total. The maximum absolute atomic E-state index is 10.5. The largest absolute Gasteiger partial charge is 0.466 e. The van der Waals surface area contributed by atoms with Crippen LogP contribution >= 0.6 is 0 Å². The summed E-state index contributed by atoms with van der Waals surface area (Å²) >= 11 is 0. The number of furan rings is 1. The van der Waals surface area contributed by atoms with Crippen molar-refractivity contribution in [3.63, 3.8) is 0 Å². The van der Waals surface area contributed by atoms with Crippen molar-refractivity contribution in [3.8, 4) is 0 Å². The first-order valence-corrected chi connectivity index (χ1v) is 5.22. The zero-order valence-corrected chi connectivity index (χ0v) is 9.19. The highest BCUT2D eigenvalue weighted by atomic mass is 16.5. The molecule has 0 amide bonds. The van der Waals surface area contributed by atoms with Gasteiger partial charge < -0.3 is 13.9 Å². The van der Waals surface area contributed by atoms with Gasteiger partial charge in [0.15, 0.2) is 0 Å². The molecule has 0 unspecified atom stereocenters. The number of rotatable bonds is 3. The van der Waals surface area contributed by atoms with Crippen LogP contribution in [0, 0.1) is 0 Å². The Bertz CT molecular complexity index is 291. The Hall–Kier alpha value is -1.55. The molecule has 1 aromatic heterocycles. The fourth-order valence-electron chi connectivity index (χ4n) is 1.11. The van der Waals surface area contributed by atoms with E-state index in [2.05, 4.69) is 11.3 Å². The molecule has 0 bridgehead atoms. The fraction of sp³-hybridized carbons (Fsp3) is 0.417. The van der Waals surface area contributed by atoms with E-state index in [1.165, 1.54) is 19.1 Å². The highest BCUT2D eigenvalue weighted by molar-refractivity contribution is 5.81. The second-order valence-electron chi connectivity index (χ2n) is 3.21. The summed E-state index contributed by atoms with van der Waals surface area (Å²) in [6.45, 7) is 5.42. The predicted molar refractivity (Wildman–Crippen MR) is 58.8 cm³/mol. The number of ether oxygens (including phenoxy) is 2. The molecule has 2 heterocycles. The molecule has 1 aliphatic heterocycles. The van der Waals surface area contributed by atoms with Crippen LogP contribution in [0.15, 0.2) is 35.5 Å². The summed E-state index contributed by atoms with van der Waals surface area (Å²) in [4.78, 5) is 10.5. The van der Waals surface area contributed by atoms with Gasteiger partial charge in [-0.25, -0.2) is 4.79 Å². The number of esters is 1. The Kier molecular flexibility index (Phi) is 6.03. The van der Waals surface area contributed by atoms with Crippen LogP contribution in [0.5, 0.6) is 0 Å². The summed E-state index contributed by atoms with van der Waals surface area (Å²) < 4.78 is 14.5. The van der Waals surface area contributed by atoms with Crippen LogP contribution in [0.1, 0.15) is 18.6 Å². The monoisotopic (exact) mass is 224 g/mol. The second-order valence-corrected chi connectivity index (χ2v) is 3.21. The molecule has 0 spiro atoms. The molecule has 1 fully saturated rings. The van der Waals surface area contributed by atoms with Crippen LogP contribution < -0.4 is 0 Å². The fourth-order valence-corrected chi connectivity index (χ4v) is 1.11. The number of carbonyl (C=O) groups excluding carboxylic acids is 1. The molecule has 0 aliphatic carbocycles. The van der Waals surface area contributed by atoms with Gasteiger partial charge in [0.25, 0.3) is 0 Å². The first-order valence-electron chi connectivity index (χ1n) is 5.22. The average molecular weight is 224 g/mol. The molecule has 16 heavy (non-hydrogen) atoms. The minimum Gasteiger partial charge on any atom is -0.466 e. The maximum Gasteiger partial charge on any atom is 0.330 e. The Balaban J connectivity index is 0.000000212. The van der Waals surface area contributed by atoms with E-state index in [-0.39, 0.29) is 6.61 Å². The zero-order chi connectivity index (χ0) is 11.6. The van der Waals surface area contributed by atoms with Crippen molar-refractivity contribution in [1.29, 1.82) is 0 Å². The standard InChI is InChI=1S/C8H8O3.C4H8O/c1-2-8(9)11-6-7-4-3-5-10-7;1-2-4-5-3-1/h2-5H,1,6H2;1-4H2. The van der Waals surface area contributed by atoms with E-state index in [4.69, 9.17) is 9.15 Å². The molecule has 4 heteroatoms. The Morgan fingerprint density at radius 2 is 2.25 bits per heavy atom. The van der Waals surface area contributed by atoms with Crippen LogP contribution in [0.4, 0.5) is 0 Å². The minimum absolute atomic E-state index is 0.165. The lowest BCUT2D eigenvalue weighted by molar-refractivity contribution is -0.139. The third kappa shape index (κ3) is 5.36. The molecule has 2 rings (SSSR count). The molecule has 1 aromatic rings. The smallest absolute Gasteiger partial charge is 0.330 e. The van der Waals surface area contributed by atoms with Crippen LogP contribution in [-0.4, -0.2) is 19.2 Å². The summed E-state index contributed by atoms with van der Waals surface area (Å²) in [6, 6.07) is 3.47. The summed E-state index contributed by atoms with van der Waals surface area (Å²) in [5.41, 5.74) is 0. The van der Waals surface area contributed by atoms with E-state index < -0.39 is 5.97 Å². The molecule has 0 aromatic carbocycles. The molecule has 88 valence electrons. The van der Waals surface area contributed by atoms with E-state index in [1.54, 1.807) is 12.1 Å². The van der Waals surface area contributed by atoms with Crippen molar-refractivity contribution < 1.29 is 18.7 Å². The molecule has 4 nitrogen and oxygen atoms in total. The van der Waals surface area contributed by atoms with Crippen molar-refractivity contribution >= 4 is 5.97 Å². The molecule has 0 atom stereocenters. The van der Waals surface area contributed by atoms with Crippen LogP contribution in [0.25, 0.3) is 0 Å². The molecular formula is C12H16O4. The SMILES string of the molecule is C1CCOC1.C=CC(=O)OCc1ccco1. The first-order chi connectivity index (χ1) is 7.83. The zero-order valence-electron chi connectivity index (χ0n) is 9.19. The molecule has 0 saturated carbocycles. The van der Waals surface area contributed by atoms with Gasteiger partial charge in [-0.3, -0.25) is 0 Å². The van der Waals surface area contributed by atoms with E-state index in [1.807, 2.05) is 0 Å². The van der Waals surface area contributed by atoms with Gasteiger partial charge in [0, 0.05) is 19.3 Å². The lowest BCUT2D eigenvalue weighted by atomic mass is 10.4. The third-order valence-electron chi connectivity index (χ3n) is 1.93. The molecule has 0 radical (unpaired) electrons. The predicted octanol–water partition coefficient (Wildman–Crippen LogP) is 2.31. The normalized spacial score (nSPS) is 13.8. The van der Waals surface area contributed by atoms with Crippen LogP contribution in [0.2, 0.25) is 0 Å². The van der Waals surface area contributed by atoms with Gasteiger partial charge in [-0.1, -0.05) is 6.58 Å². The lowest BCUT2D eigenvalue weighted by Crippen LogP contribution is -1.98. The molecule has 1 saturated heterocycles. The highest BCUT2D eigenvalue weighted by Gasteiger charge is 1.98. The third-order valence-corrected chi connectivity index (χ3v) is 1.93. The van der Waals surface area contributed by atoms with E-state index in [0.29, 0.717) is 5.76 Å². The summed E-state index contributed by atoms with van der Waals surface area (Å²) in [5, 5.41) is 0. The summed E-state index contributed by atoms with van der Waals surface area (Å²) in [6.07, 6.45) is 5.19. The topological polar surface area (TPSA) is 48.7 Å². The van der Waals surface area contributed by atoms with Crippen molar-refractivity contribution in [3.05, 3.63) is 36.8 Å². The van der Waals surface area contributed by atoms with Crippen molar-refractivity contribution in [1.82, 2.24) is 0 Å². The Morgan fingerprint density at radius 1 is 1.50 bits per heavy atom. The lowest BCUT2D eigenvalue weighted by Gasteiger charge is -1.96. The Morgan fingerprint density at radius 3 is 2.69 bits per heavy atom. The van der Waals surface area contributed by atoms with Crippen molar-refractivity contribution in [2.75, 3.05) is 13.2 Å². The van der Waals surface area contributed by atoms with Gasteiger partial charge in [-0.2, -0.15) is 0 Å². The highest BCUT2D eigenvalue weighted by Crippen LogP contribution is 2.01. The quantitative estimate of drug-likeness (QED) is 0.584. The van der Waals surface area contributed by atoms with E-state index in [0.717, 1.165) is 19.3 Å². The average Bonchev–Trinajstić information content (AvgIpc) is 3.00. The number of carbonyl (C=O) groups is 1. The van der Waals surface area contributed by atoms with Gasteiger partial charge in [0.2, 0.25) is 0 Å². The number of hydrogen-bond donors (Lipinski definition) is 0. The van der Waals surface area contributed by atoms with Gasteiger partial charge >= 0.3 is 5.97 Å². The molecule has 1 aliphatic rings. The maximum atomic E-state index is 10.5. The van der Waals surface area contributed by atoms with E-state index in [9.17, 15) is 4.79 Å². The Labute approximate surface area is 94.8 Å².